The summed E-state index contributed by atoms with van der Waals surface area (Å²) in [5.74, 6) is -1.87. The van der Waals surface area contributed by atoms with Crippen molar-refractivity contribution in [1.29, 1.82) is 0 Å². The number of hydrazine groups is 1. The van der Waals surface area contributed by atoms with Crippen molar-refractivity contribution < 1.29 is 29.0 Å². The molecular weight excluding hydrogens is 364 g/mol. The first-order valence-electron chi connectivity index (χ1n) is 7.29. The Morgan fingerprint density at radius 2 is 1.77 bits per heavy atom. The number of aromatic hydroxyl groups is 1. The van der Waals surface area contributed by atoms with Gasteiger partial charge in [-0.2, -0.15) is 0 Å². The highest BCUT2D eigenvalue weighted by molar-refractivity contribution is 6.31. The minimum Gasteiger partial charge on any atom is -0.508 e. The number of nitrogens with one attached hydrogen (secondary N) is 2. The lowest BCUT2D eigenvalue weighted by Gasteiger charge is -2.11. The van der Waals surface area contributed by atoms with Gasteiger partial charge < -0.3 is 14.6 Å². The minimum atomic E-state index is -0.747. The number of carbonyl (C=O) groups excluding carboxylic acids is 3. The number of hydrogen-bond acceptors (Lipinski definition) is 6. The van der Waals surface area contributed by atoms with Crippen molar-refractivity contribution in [2.24, 2.45) is 0 Å². The number of methoxy groups -OCH3 is 1. The molecule has 0 aliphatic carbocycles. The first-order valence-corrected chi connectivity index (χ1v) is 7.67. The van der Waals surface area contributed by atoms with Crippen LogP contribution in [0.25, 0.3) is 0 Å². The van der Waals surface area contributed by atoms with E-state index in [0.717, 1.165) is 0 Å². The zero-order valence-electron chi connectivity index (χ0n) is 13.6. The van der Waals surface area contributed by atoms with E-state index in [4.69, 9.17) is 26.2 Å². The molecule has 2 amide bonds. The highest BCUT2D eigenvalue weighted by Crippen LogP contribution is 2.22. The Labute approximate surface area is 153 Å². The SMILES string of the molecule is COc1ccc(Cl)cc1C(=O)NNC(=O)COC(=O)c1ccc(O)cc1. The number of benzene rings is 2. The average Bonchev–Trinajstić information content (AvgIpc) is 2.64. The molecular formula is C17H15ClN2O6. The number of rotatable bonds is 5. The lowest BCUT2D eigenvalue weighted by Crippen LogP contribution is -2.43. The number of esters is 1. The van der Waals surface area contributed by atoms with Crippen LogP contribution in [0.4, 0.5) is 0 Å². The van der Waals surface area contributed by atoms with E-state index < -0.39 is 24.4 Å². The van der Waals surface area contributed by atoms with Crippen molar-refractivity contribution >= 4 is 29.4 Å². The number of halogens is 1. The largest absolute Gasteiger partial charge is 0.508 e. The van der Waals surface area contributed by atoms with Crippen molar-refractivity contribution in [3.05, 3.63) is 58.6 Å². The van der Waals surface area contributed by atoms with E-state index in [0.29, 0.717) is 5.02 Å². The molecule has 0 unspecified atom stereocenters. The summed E-state index contributed by atoms with van der Waals surface area (Å²) in [4.78, 5) is 35.5. The molecule has 0 saturated heterocycles. The van der Waals surface area contributed by atoms with Crippen LogP contribution >= 0.6 is 11.6 Å². The van der Waals surface area contributed by atoms with Crippen LogP contribution < -0.4 is 15.6 Å². The Kier molecular flexibility index (Phi) is 6.40. The van der Waals surface area contributed by atoms with Gasteiger partial charge in [0, 0.05) is 5.02 Å². The Balaban J connectivity index is 1.85. The zero-order valence-corrected chi connectivity index (χ0v) is 14.4. The van der Waals surface area contributed by atoms with E-state index >= 15 is 0 Å². The van der Waals surface area contributed by atoms with Gasteiger partial charge >= 0.3 is 5.97 Å². The first kappa shape index (κ1) is 19.1. The van der Waals surface area contributed by atoms with Gasteiger partial charge in [0.2, 0.25) is 0 Å². The Bertz CT molecular complexity index is 823. The topological polar surface area (TPSA) is 114 Å². The average molecular weight is 379 g/mol. The van der Waals surface area contributed by atoms with Gasteiger partial charge in [0.15, 0.2) is 6.61 Å². The number of ether oxygens (including phenoxy) is 2. The molecule has 0 fully saturated rings. The smallest absolute Gasteiger partial charge is 0.338 e. The fourth-order valence-electron chi connectivity index (χ4n) is 1.90. The molecule has 0 saturated carbocycles. The van der Waals surface area contributed by atoms with Crippen LogP contribution in [0.15, 0.2) is 42.5 Å². The standard InChI is InChI=1S/C17H15ClN2O6/c1-25-14-7-4-11(18)8-13(14)16(23)20-19-15(22)9-26-17(24)10-2-5-12(21)6-3-10/h2-8,21H,9H2,1H3,(H,19,22)(H,20,23). The summed E-state index contributed by atoms with van der Waals surface area (Å²) in [5.41, 5.74) is 4.58. The quantitative estimate of drug-likeness (QED) is 0.538. The second-order valence-corrected chi connectivity index (χ2v) is 5.41. The third-order valence-electron chi connectivity index (χ3n) is 3.16. The third kappa shape index (κ3) is 5.12. The maximum atomic E-state index is 12.1. The number of phenols is 1. The predicted octanol–water partition coefficient (Wildman–Crippen LogP) is 1.67. The number of phenolic OH excluding ortho intramolecular Hbond substituents is 1. The van der Waals surface area contributed by atoms with Gasteiger partial charge in [-0.3, -0.25) is 20.4 Å². The molecule has 8 nitrogen and oxygen atoms in total. The number of hydrogen-bond donors (Lipinski definition) is 3. The summed E-state index contributed by atoms with van der Waals surface area (Å²) in [5, 5.41) is 9.48. The fraction of sp³-hybridized carbons (Fsp3) is 0.118. The molecule has 0 aromatic heterocycles. The molecule has 0 spiro atoms. The van der Waals surface area contributed by atoms with Crippen molar-refractivity contribution in [2.45, 2.75) is 0 Å². The zero-order chi connectivity index (χ0) is 19.1. The molecule has 2 aromatic rings. The van der Waals surface area contributed by atoms with Crippen molar-refractivity contribution in [2.75, 3.05) is 13.7 Å². The molecule has 26 heavy (non-hydrogen) atoms. The van der Waals surface area contributed by atoms with Crippen LogP contribution in [0.1, 0.15) is 20.7 Å². The second-order valence-electron chi connectivity index (χ2n) is 4.97. The van der Waals surface area contributed by atoms with Gasteiger partial charge in [-0.15, -0.1) is 0 Å². The molecule has 2 rings (SSSR count). The molecule has 136 valence electrons. The van der Waals surface area contributed by atoms with E-state index in [1.807, 2.05) is 0 Å². The fourth-order valence-corrected chi connectivity index (χ4v) is 2.07. The van der Waals surface area contributed by atoms with E-state index in [1.54, 1.807) is 6.07 Å². The first-order chi connectivity index (χ1) is 12.4. The van der Waals surface area contributed by atoms with Crippen molar-refractivity contribution in [1.82, 2.24) is 10.9 Å². The molecule has 0 aliphatic heterocycles. The van der Waals surface area contributed by atoms with Gasteiger partial charge in [0.25, 0.3) is 11.8 Å². The van der Waals surface area contributed by atoms with E-state index in [2.05, 4.69) is 10.9 Å². The molecule has 0 radical (unpaired) electrons. The van der Waals surface area contributed by atoms with Crippen LogP contribution in [0.2, 0.25) is 5.02 Å². The molecule has 2 aromatic carbocycles. The Hall–Kier alpha value is -3.26. The summed E-state index contributed by atoms with van der Waals surface area (Å²) in [7, 11) is 1.39. The number of amides is 2. The van der Waals surface area contributed by atoms with Crippen LogP contribution in [-0.2, 0) is 9.53 Å². The summed E-state index contributed by atoms with van der Waals surface area (Å²) in [6, 6.07) is 9.78. The van der Waals surface area contributed by atoms with Crippen LogP contribution in [0.5, 0.6) is 11.5 Å². The van der Waals surface area contributed by atoms with Gasteiger partial charge in [0.05, 0.1) is 18.2 Å². The Morgan fingerprint density at radius 3 is 2.42 bits per heavy atom. The molecule has 0 aliphatic rings. The van der Waals surface area contributed by atoms with E-state index in [1.165, 1.54) is 43.5 Å². The third-order valence-corrected chi connectivity index (χ3v) is 3.39. The summed E-state index contributed by atoms with van der Waals surface area (Å²) >= 11 is 5.84. The molecule has 0 atom stereocenters. The van der Waals surface area contributed by atoms with Gasteiger partial charge in [0.1, 0.15) is 11.5 Å². The van der Waals surface area contributed by atoms with E-state index in [-0.39, 0.29) is 22.6 Å². The van der Waals surface area contributed by atoms with Gasteiger partial charge in [-0.25, -0.2) is 4.79 Å². The van der Waals surface area contributed by atoms with Crippen LogP contribution in [-0.4, -0.2) is 36.6 Å². The lowest BCUT2D eigenvalue weighted by molar-refractivity contribution is -0.125. The van der Waals surface area contributed by atoms with Gasteiger partial charge in [-0.05, 0) is 42.5 Å². The maximum Gasteiger partial charge on any atom is 0.338 e. The molecule has 0 bridgehead atoms. The monoisotopic (exact) mass is 378 g/mol. The Morgan fingerprint density at radius 1 is 1.08 bits per heavy atom. The highest BCUT2D eigenvalue weighted by Gasteiger charge is 2.15. The van der Waals surface area contributed by atoms with Crippen molar-refractivity contribution in [3.63, 3.8) is 0 Å². The second kappa shape index (κ2) is 8.72. The molecule has 0 heterocycles. The maximum absolute atomic E-state index is 12.1. The predicted molar refractivity (Wildman–Crippen MR) is 92.0 cm³/mol. The lowest BCUT2D eigenvalue weighted by atomic mass is 10.2. The number of carbonyl (C=O) groups is 3. The van der Waals surface area contributed by atoms with Crippen molar-refractivity contribution in [3.8, 4) is 11.5 Å². The summed E-state index contributed by atoms with van der Waals surface area (Å²) in [6.07, 6.45) is 0. The minimum absolute atomic E-state index is 0.00144. The summed E-state index contributed by atoms with van der Waals surface area (Å²) in [6.45, 7) is -0.604. The van der Waals surface area contributed by atoms with Crippen LogP contribution in [0.3, 0.4) is 0 Å². The van der Waals surface area contributed by atoms with Crippen LogP contribution in [0, 0.1) is 0 Å². The summed E-state index contributed by atoms with van der Waals surface area (Å²) < 4.78 is 9.85. The molecule has 9 heteroatoms. The molecule has 3 N–H and O–H groups in total. The normalized spacial score (nSPS) is 9.92. The van der Waals surface area contributed by atoms with Gasteiger partial charge in [-0.1, -0.05) is 11.6 Å². The van der Waals surface area contributed by atoms with E-state index in [9.17, 15) is 14.4 Å². The highest BCUT2D eigenvalue weighted by atomic mass is 35.5.